The number of rotatable bonds is 8. The van der Waals surface area contributed by atoms with E-state index in [1.54, 1.807) is 0 Å². The van der Waals surface area contributed by atoms with Gasteiger partial charge < -0.3 is 38.8 Å². The Morgan fingerprint density at radius 3 is 2.35 bits per heavy atom. The van der Waals surface area contributed by atoms with Gasteiger partial charge in [-0.1, -0.05) is 7.60 Å². The van der Waals surface area contributed by atoms with E-state index in [9.17, 15) is 23.8 Å². The molecule has 2 N–H and O–H groups in total. The van der Waals surface area contributed by atoms with Gasteiger partial charge in [-0.15, -0.1) is 0 Å². The predicted molar refractivity (Wildman–Crippen MR) is 71.7 cm³/mol. The molecule has 0 fully saturated rings. The summed E-state index contributed by atoms with van der Waals surface area (Å²) in [5, 5.41) is 0. The van der Waals surface area contributed by atoms with Crippen molar-refractivity contribution < 1.29 is 122 Å². The summed E-state index contributed by atoms with van der Waals surface area (Å²) in [6.45, 7) is -0.597. The van der Waals surface area contributed by atoms with Crippen LogP contribution in [0.2, 0.25) is 0 Å². The molecule has 0 saturated carbocycles. The van der Waals surface area contributed by atoms with Gasteiger partial charge in [-0.3, -0.25) is 4.57 Å². The average molecular weight is 433 g/mol. The molecule has 0 saturated heterocycles. The second kappa shape index (κ2) is 13.0. The number of nitrogen functional groups attached to an aromatic ring is 1. The third kappa shape index (κ3) is 9.89. The molecule has 2 aromatic rings. The number of anilines is 1. The van der Waals surface area contributed by atoms with Gasteiger partial charge in [0, 0.05) is 5.90 Å². The maximum Gasteiger partial charge on any atom is 1.00 e. The summed E-state index contributed by atoms with van der Waals surface area (Å²) in [7, 11) is -9.93. The molecular weight excluding hydrogens is 421 g/mol. The topological polar surface area (TPSA) is 191 Å². The first-order valence-electron chi connectivity index (χ1n) is 6.13. The largest absolute Gasteiger partial charge is 1.00 e. The Balaban J connectivity index is 0. The number of imidazole rings is 1. The molecule has 0 radical (unpaired) electrons. The van der Waals surface area contributed by atoms with Crippen LogP contribution in [0.5, 0.6) is 0 Å². The van der Waals surface area contributed by atoms with Crippen molar-refractivity contribution in [2.45, 2.75) is 6.73 Å². The molecule has 1 unspecified atom stereocenters. The van der Waals surface area contributed by atoms with Gasteiger partial charge in [0.2, 0.25) is 0 Å². The van der Waals surface area contributed by atoms with Gasteiger partial charge in [0.15, 0.2) is 11.5 Å². The molecule has 0 spiro atoms. The van der Waals surface area contributed by atoms with Crippen molar-refractivity contribution in [1.82, 2.24) is 19.5 Å². The van der Waals surface area contributed by atoms with Crippen LogP contribution in [0.4, 0.5) is 5.82 Å². The number of nitrogens with zero attached hydrogens (tertiary/aromatic N) is 4. The third-order valence-electron chi connectivity index (χ3n) is 2.52. The van der Waals surface area contributed by atoms with E-state index in [1.807, 2.05) is 0 Å². The molecule has 0 aromatic carbocycles. The van der Waals surface area contributed by atoms with Crippen LogP contribution in [-0.2, 0) is 25.1 Å². The zero-order valence-electron chi connectivity index (χ0n) is 14.6. The number of nitrogens with two attached hydrogens (primary N) is 1. The third-order valence-corrected chi connectivity index (χ3v) is 5.87. The number of hydrogen-bond donors (Lipinski definition) is 1. The van der Waals surface area contributed by atoms with E-state index in [2.05, 4.69) is 19.5 Å². The Morgan fingerprint density at radius 2 is 1.73 bits per heavy atom. The molecule has 0 aliphatic carbocycles. The maximum atomic E-state index is 11.2. The fourth-order valence-corrected chi connectivity index (χ4v) is 4.02. The summed E-state index contributed by atoms with van der Waals surface area (Å²) in [6.07, 6.45) is 2.68. The molecule has 26 heavy (non-hydrogen) atoms. The quantitative estimate of drug-likeness (QED) is 0.236. The molecule has 17 heteroatoms. The molecule has 128 valence electrons. The van der Waals surface area contributed by atoms with Gasteiger partial charge in [-0.05, 0) is 0 Å². The zero-order chi connectivity index (χ0) is 17.1. The Hall–Kier alpha value is 1.61. The molecule has 0 bridgehead atoms. The molecule has 0 aliphatic heterocycles. The van der Waals surface area contributed by atoms with E-state index >= 15 is 0 Å². The first kappa shape index (κ1) is 29.8. The van der Waals surface area contributed by atoms with Crippen LogP contribution in [0, 0.1) is 0 Å². The van der Waals surface area contributed by atoms with Crippen LogP contribution < -0.4 is 109 Å². The molecule has 2 heterocycles. The summed E-state index contributed by atoms with van der Waals surface area (Å²) in [5.41, 5.74) is 6.45. The Bertz CT molecular complexity index is 788. The summed E-state index contributed by atoms with van der Waals surface area (Å²) < 4.78 is 32.6. The maximum absolute atomic E-state index is 11.2. The summed E-state index contributed by atoms with van der Waals surface area (Å²) in [6, 6.07) is 0. The van der Waals surface area contributed by atoms with Crippen molar-refractivity contribution in [3.8, 4) is 0 Å². The Morgan fingerprint density at radius 1 is 1.08 bits per heavy atom. The van der Waals surface area contributed by atoms with Crippen LogP contribution in [0.1, 0.15) is 0 Å². The van der Waals surface area contributed by atoms with Crippen molar-refractivity contribution in [2.24, 2.45) is 0 Å². The SMILES string of the molecule is Nc1ncnc2c1ncn2COCCOP(=O)([O-])CP(=O)([O-])[O-].[Na+].[Na+].[Na+]. The van der Waals surface area contributed by atoms with E-state index < -0.39 is 27.7 Å². The minimum Gasteiger partial charge on any atom is -0.810 e. The normalized spacial score (nSPS) is 13.2. The van der Waals surface area contributed by atoms with Crippen LogP contribution in [-0.4, -0.2) is 38.6 Å². The van der Waals surface area contributed by atoms with E-state index in [0.717, 1.165) is 0 Å². The van der Waals surface area contributed by atoms with Crippen molar-refractivity contribution >= 4 is 32.2 Å². The summed E-state index contributed by atoms with van der Waals surface area (Å²) in [4.78, 5) is 43.7. The van der Waals surface area contributed by atoms with Crippen LogP contribution in [0.15, 0.2) is 12.7 Å². The second-order valence-electron chi connectivity index (χ2n) is 4.38. The smallest absolute Gasteiger partial charge is 0.810 e. The van der Waals surface area contributed by atoms with E-state index in [0.29, 0.717) is 11.2 Å². The van der Waals surface area contributed by atoms with Gasteiger partial charge in [-0.25, -0.2) is 15.0 Å². The van der Waals surface area contributed by atoms with Crippen molar-refractivity contribution in [2.75, 3.05) is 24.9 Å². The van der Waals surface area contributed by atoms with E-state index in [1.165, 1.54) is 17.2 Å². The molecule has 2 aromatic heterocycles. The molecular formula is C9H12N5Na3O7P2. The molecule has 12 nitrogen and oxygen atoms in total. The number of aromatic nitrogens is 4. The fourth-order valence-electron chi connectivity index (χ4n) is 1.64. The van der Waals surface area contributed by atoms with Gasteiger partial charge in [0.05, 0.1) is 19.5 Å². The van der Waals surface area contributed by atoms with Gasteiger partial charge in [0.1, 0.15) is 26.2 Å². The minimum absolute atomic E-state index is 0. The van der Waals surface area contributed by atoms with E-state index in [4.69, 9.17) is 10.5 Å². The molecule has 1 atom stereocenters. The zero-order valence-corrected chi connectivity index (χ0v) is 22.4. The monoisotopic (exact) mass is 433 g/mol. The second-order valence-corrected chi connectivity index (χ2v) is 8.21. The van der Waals surface area contributed by atoms with Crippen molar-refractivity contribution in [1.29, 1.82) is 0 Å². The first-order valence-corrected chi connectivity index (χ1v) is 9.58. The standard InChI is InChI=1S/C9H15N5O7P2.3Na/c10-8-7-9(12-3-11-8)14(4-13-7)5-20-1-2-21-23(18,19)6-22(15,16)17;;;/h3-4H,1-2,5-6H2,(H,18,19)(H2,10,11,12)(H2,15,16,17);;;/q;3*+1/p-3. The molecule has 2 rings (SSSR count). The average Bonchev–Trinajstić information content (AvgIpc) is 2.80. The van der Waals surface area contributed by atoms with Gasteiger partial charge in [0.25, 0.3) is 0 Å². The van der Waals surface area contributed by atoms with E-state index in [-0.39, 0.29) is 108 Å². The molecule has 0 amide bonds. The molecule has 0 aliphatic rings. The summed E-state index contributed by atoms with van der Waals surface area (Å²) in [5.74, 6) is -1.36. The van der Waals surface area contributed by atoms with Crippen molar-refractivity contribution in [3.63, 3.8) is 0 Å². The minimum atomic E-state index is -5.19. The van der Waals surface area contributed by atoms with Gasteiger partial charge >= 0.3 is 88.7 Å². The number of fused-ring (bicyclic) bond motifs is 1. The number of ether oxygens (including phenoxy) is 1. The van der Waals surface area contributed by atoms with Crippen LogP contribution in [0.3, 0.4) is 0 Å². The predicted octanol–water partition coefficient (Wildman–Crippen LogP) is -11.2. The Labute approximate surface area is 215 Å². The first-order chi connectivity index (χ1) is 10.7. The van der Waals surface area contributed by atoms with Gasteiger partial charge in [-0.2, -0.15) is 0 Å². The fraction of sp³-hybridized carbons (Fsp3) is 0.444. The number of hydrogen-bond acceptors (Lipinski definition) is 11. The Kier molecular flexibility index (Phi) is 14.9. The van der Waals surface area contributed by atoms with Crippen LogP contribution in [0.25, 0.3) is 11.2 Å². The van der Waals surface area contributed by atoms with Crippen molar-refractivity contribution in [3.05, 3.63) is 12.7 Å². The summed E-state index contributed by atoms with van der Waals surface area (Å²) >= 11 is 0. The van der Waals surface area contributed by atoms with Crippen LogP contribution >= 0.6 is 15.2 Å².